The van der Waals surface area contributed by atoms with Crippen molar-refractivity contribution < 1.29 is 13.6 Å². The summed E-state index contributed by atoms with van der Waals surface area (Å²) in [4.78, 5) is 11.2. The number of nitrogen functional groups attached to an aromatic ring is 1. The number of halogens is 2. The molecule has 0 saturated heterocycles. The maximum absolute atomic E-state index is 13.8. The van der Waals surface area contributed by atoms with Crippen molar-refractivity contribution in [1.82, 2.24) is 0 Å². The second-order valence-electron chi connectivity index (χ2n) is 4.21. The molecule has 1 amide bonds. The quantitative estimate of drug-likeness (QED) is 0.753. The van der Waals surface area contributed by atoms with Crippen LogP contribution in [0.2, 0.25) is 0 Å². The molecule has 2 rings (SSSR count). The van der Waals surface area contributed by atoms with Gasteiger partial charge in [0.25, 0.3) is 5.91 Å². The number of nitriles is 1. The molecule has 0 aliphatic heterocycles. The standard InChI is InChI=1S/C14H10F2N4O/c15-9-3-7(6-17)1-2-12(9)20-13-4-8(14(19)21)11(18)5-10(13)16/h1-5,20H,18H2,(H2,19,21). The molecule has 0 unspecified atom stereocenters. The summed E-state index contributed by atoms with van der Waals surface area (Å²) in [5.41, 5.74) is 10.3. The minimum absolute atomic E-state index is 0.0481. The Bertz CT molecular complexity index is 768. The predicted molar refractivity (Wildman–Crippen MR) is 73.7 cm³/mol. The van der Waals surface area contributed by atoms with Crippen molar-refractivity contribution in [2.75, 3.05) is 11.1 Å². The number of nitrogens with zero attached hydrogens (tertiary/aromatic N) is 1. The Labute approximate surface area is 118 Å². The van der Waals surface area contributed by atoms with Crippen molar-refractivity contribution in [3.05, 3.63) is 53.1 Å². The molecule has 0 aromatic heterocycles. The lowest BCUT2D eigenvalue weighted by Crippen LogP contribution is -2.14. The van der Waals surface area contributed by atoms with Gasteiger partial charge in [-0.3, -0.25) is 4.79 Å². The number of nitrogens with two attached hydrogens (primary N) is 2. The molecule has 0 heterocycles. The van der Waals surface area contributed by atoms with Crippen LogP contribution in [0.4, 0.5) is 25.8 Å². The molecule has 0 fully saturated rings. The molecule has 106 valence electrons. The lowest BCUT2D eigenvalue weighted by atomic mass is 10.1. The third-order valence-corrected chi connectivity index (χ3v) is 2.77. The number of primary amides is 1. The van der Waals surface area contributed by atoms with Gasteiger partial charge in [0.1, 0.15) is 11.6 Å². The lowest BCUT2D eigenvalue weighted by molar-refractivity contribution is 0.100. The highest BCUT2D eigenvalue weighted by Gasteiger charge is 2.13. The van der Waals surface area contributed by atoms with E-state index in [1.807, 2.05) is 0 Å². The summed E-state index contributed by atoms with van der Waals surface area (Å²) in [5, 5.41) is 11.1. The number of benzene rings is 2. The minimum Gasteiger partial charge on any atom is -0.398 e. The molecule has 0 aliphatic rings. The fraction of sp³-hybridized carbons (Fsp3) is 0. The van der Waals surface area contributed by atoms with E-state index in [0.717, 1.165) is 18.2 Å². The summed E-state index contributed by atoms with van der Waals surface area (Å²) in [6, 6.07) is 7.47. The molecular formula is C14H10F2N4O. The molecular weight excluding hydrogens is 278 g/mol. The third kappa shape index (κ3) is 2.90. The molecule has 2 aromatic carbocycles. The highest BCUT2D eigenvalue weighted by molar-refractivity contribution is 5.99. The van der Waals surface area contributed by atoms with Crippen LogP contribution in [-0.2, 0) is 0 Å². The molecule has 7 heteroatoms. The second-order valence-corrected chi connectivity index (χ2v) is 4.21. The van der Waals surface area contributed by atoms with Gasteiger partial charge in [0, 0.05) is 5.69 Å². The zero-order valence-corrected chi connectivity index (χ0v) is 10.7. The van der Waals surface area contributed by atoms with Crippen LogP contribution in [-0.4, -0.2) is 5.91 Å². The topological polar surface area (TPSA) is 105 Å². The van der Waals surface area contributed by atoms with Gasteiger partial charge in [-0.2, -0.15) is 5.26 Å². The van der Waals surface area contributed by atoms with Crippen molar-refractivity contribution >= 4 is 23.0 Å². The number of carbonyl (C=O) groups is 1. The monoisotopic (exact) mass is 288 g/mol. The SMILES string of the molecule is N#Cc1ccc(Nc2cc(C(N)=O)c(N)cc2F)c(F)c1. The van der Waals surface area contributed by atoms with Gasteiger partial charge in [0.2, 0.25) is 0 Å². The number of carbonyl (C=O) groups excluding carboxylic acids is 1. The number of rotatable bonds is 3. The van der Waals surface area contributed by atoms with Crippen molar-refractivity contribution in [3.8, 4) is 6.07 Å². The second kappa shape index (κ2) is 5.46. The number of amides is 1. The zero-order valence-electron chi connectivity index (χ0n) is 10.7. The van der Waals surface area contributed by atoms with Crippen LogP contribution in [0.15, 0.2) is 30.3 Å². The number of hydrogen-bond acceptors (Lipinski definition) is 4. The van der Waals surface area contributed by atoms with Crippen LogP contribution >= 0.6 is 0 Å². The zero-order chi connectivity index (χ0) is 15.6. The summed E-state index contributed by atoms with van der Waals surface area (Å²) in [5.74, 6) is -2.32. The molecule has 0 radical (unpaired) electrons. The average Bonchev–Trinajstić information content (AvgIpc) is 2.43. The molecule has 0 aliphatic carbocycles. The van der Waals surface area contributed by atoms with E-state index in [1.165, 1.54) is 12.1 Å². The van der Waals surface area contributed by atoms with Crippen LogP contribution in [0, 0.1) is 23.0 Å². The fourth-order valence-electron chi connectivity index (χ4n) is 1.73. The highest BCUT2D eigenvalue weighted by atomic mass is 19.1. The predicted octanol–water partition coefficient (Wildman–Crippen LogP) is 2.26. The third-order valence-electron chi connectivity index (χ3n) is 2.77. The minimum atomic E-state index is -0.823. The van der Waals surface area contributed by atoms with Crippen LogP contribution in [0.1, 0.15) is 15.9 Å². The first kappa shape index (κ1) is 14.3. The van der Waals surface area contributed by atoms with Crippen molar-refractivity contribution in [2.24, 2.45) is 5.73 Å². The van der Waals surface area contributed by atoms with E-state index in [-0.39, 0.29) is 28.2 Å². The maximum Gasteiger partial charge on any atom is 0.250 e. The Balaban J connectivity index is 2.42. The number of anilines is 3. The van der Waals surface area contributed by atoms with E-state index in [9.17, 15) is 13.6 Å². The van der Waals surface area contributed by atoms with E-state index in [1.54, 1.807) is 6.07 Å². The number of nitrogens with one attached hydrogen (secondary N) is 1. The smallest absolute Gasteiger partial charge is 0.250 e. The summed E-state index contributed by atoms with van der Waals surface area (Å²) < 4.78 is 27.5. The van der Waals surface area contributed by atoms with Crippen molar-refractivity contribution in [1.29, 1.82) is 5.26 Å². The molecule has 0 saturated carbocycles. The first-order valence-electron chi connectivity index (χ1n) is 5.78. The summed E-state index contributed by atoms with van der Waals surface area (Å²) in [6.45, 7) is 0. The van der Waals surface area contributed by atoms with Gasteiger partial charge in [-0.15, -0.1) is 0 Å². The largest absolute Gasteiger partial charge is 0.398 e. The van der Waals surface area contributed by atoms with Crippen LogP contribution in [0.25, 0.3) is 0 Å². The molecule has 0 spiro atoms. The number of hydrogen-bond donors (Lipinski definition) is 3. The Morgan fingerprint density at radius 2 is 1.81 bits per heavy atom. The Morgan fingerprint density at radius 1 is 1.14 bits per heavy atom. The highest BCUT2D eigenvalue weighted by Crippen LogP contribution is 2.26. The molecule has 21 heavy (non-hydrogen) atoms. The van der Waals surface area contributed by atoms with Crippen LogP contribution < -0.4 is 16.8 Å². The molecule has 2 aromatic rings. The van der Waals surface area contributed by atoms with Gasteiger partial charge in [-0.1, -0.05) is 0 Å². The molecule has 5 N–H and O–H groups in total. The van der Waals surface area contributed by atoms with Crippen LogP contribution in [0.5, 0.6) is 0 Å². The first-order chi connectivity index (χ1) is 9.92. The van der Waals surface area contributed by atoms with E-state index < -0.39 is 17.5 Å². The Kier molecular flexibility index (Phi) is 3.71. The summed E-state index contributed by atoms with van der Waals surface area (Å²) in [7, 11) is 0. The first-order valence-corrected chi connectivity index (χ1v) is 5.78. The Morgan fingerprint density at radius 3 is 2.38 bits per heavy atom. The van der Waals surface area contributed by atoms with Gasteiger partial charge in [0.15, 0.2) is 0 Å². The van der Waals surface area contributed by atoms with Gasteiger partial charge in [-0.25, -0.2) is 8.78 Å². The fourth-order valence-corrected chi connectivity index (χ4v) is 1.73. The van der Waals surface area contributed by atoms with Crippen molar-refractivity contribution in [3.63, 3.8) is 0 Å². The summed E-state index contributed by atoms with van der Waals surface area (Å²) >= 11 is 0. The molecule has 0 bridgehead atoms. The summed E-state index contributed by atoms with van der Waals surface area (Å²) in [6.07, 6.45) is 0. The van der Waals surface area contributed by atoms with Crippen molar-refractivity contribution in [2.45, 2.75) is 0 Å². The van der Waals surface area contributed by atoms with E-state index in [0.29, 0.717) is 0 Å². The van der Waals surface area contributed by atoms with E-state index in [2.05, 4.69) is 5.32 Å². The van der Waals surface area contributed by atoms with Gasteiger partial charge in [-0.05, 0) is 30.3 Å². The normalized spacial score (nSPS) is 9.95. The Hall–Kier alpha value is -3.14. The van der Waals surface area contributed by atoms with Gasteiger partial charge >= 0.3 is 0 Å². The maximum atomic E-state index is 13.8. The average molecular weight is 288 g/mol. The van der Waals surface area contributed by atoms with Gasteiger partial charge < -0.3 is 16.8 Å². The van der Waals surface area contributed by atoms with Crippen LogP contribution in [0.3, 0.4) is 0 Å². The lowest BCUT2D eigenvalue weighted by Gasteiger charge is -2.11. The van der Waals surface area contributed by atoms with E-state index >= 15 is 0 Å². The van der Waals surface area contributed by atoms with E-state index in [4.69, 9.17) is 16.7 Å². The van der Waals surface area contributed by atoms with Gasteiger partial charge in [0.05, 0.1) is 28.6 Å². The molecule has 0 atom stereocenters. The molecule has 5 nitrogen and oxygen atoms in total.